The highest BCUT2D eigenvalue weighted by molar-refractivity contribution is 5.94. The monoisotopic (exact) mass is 307 g/mol. The normalized spacial score (nSPS) is 11.9. The Morgan fingerprint density at radius 1 is 1.13 bits per heavy atom. The highest BCUT2D eigenvalue weighted by atomic mass is 16.5. The topological polar surface area (TPSA) is 64.1 Å². The average molecular weight is 307 g/mol. The van der Waals surface area contributed by atoms with E-state index in [-0.39, 0.29) is 11.9 Å². The van der Waals surface area contributed by atoms with Gasteiger partial charge in [-0.15, -0.1) is 0 Å². The molecule has 0 aliphatic carbocycles. The van der Waals surface area contributed by atoms with E-state index in [9.17, 15) is 4.79 Å². The van der Waals surface area contributed by atoms with Crippen LogP contribution in [0.15, 0.2) is 54.9 Å². The highest BCUT2D eigenvalue weighted by Crippen LogP contribution is 2.18. The fraction of sp³-hybridized carbons (Fsp3) is 0.167. The van der Waals surface area contributed by atoms with Crippen LogP contribution >= 0.6 is 0 Å². The minimum atomic E-state index is -0.202. The van der Waals surface area contributed by atoms with Gasteiger partial charge in [-0.05, 0) is 42.8 Å². The summed E-state index contributed by atoms with van der Waals surface area (Å²) in [5.41, 5.74) is 2.15. The first-order valence-electron chi connectivity index (χ1n) is 7.33. The number of carbonyl (C=O) groups is 1. The number of nitrogens with zero attached hydrogens (tertiary/aromatic N) is 2. The second-order valence-corrected chi connectivity index (χ2v) is 5.23. The zero-order valence-electron chi connectivity index (χ0n) is 13.0. The van der Waals surface area contributed by atoms with Gasteiger partial charge in [-0.3, -0.25) is 9.78 Å². The largest absolute Gasteiger partial charge is 0.497 e. The third kappa shape index (κ3) is 3.29. The molecule has 0 bridgehead atoms. The third-order valence-electron chi connectivity index (χ3n) is 3.69. The molecule has 0 spiro atoms. The number of fused-ring (bicyclic) bond motifs is 1. The number of carbonyl (C=O) groups excluding carboxylic acids is 1. The highest BCUT2D eigenvalue weighted by Gasteiger charge is 2.13. The van der Waals surface area contributed by atoms with Gasteiger partial charge < -0.3 is 10.1 Å². The van der Waals surface area contributed by atoms with Crippen LogP contribution in [-0.4, -0.2) is 23.0 Å². The van der Waals surface area contributed by atoms with Crippen molar-refractivity contribution in [2.24, 2.45) is 0 Å². The Balaban J connectivity index is 1.76. The maximum atomic E-state index is 12.4. The number of hydrogen-bond donors (Lipinski definition) is 1. The van der Waals surface area contributed by atoms with Gasteiger partial charge in [-0.25, -0.2) is 4.98 Å². The predicted octanol–water partition coefficient (Wildman–Crippen LogP) is 3.13. The first-order chi connectivity index (χ1) is 11.2. The van der Waals surface area contributed by atoms with Gasteiger partial charge in [-0.1, -0.05) is 12.1 Å². The van der Waals surface area contributed by atoms with E-state index < -0.39 is 0 Å². The van der Waals surface area contributed by atoms with Crippen molar-refractivity contribution < 1.29 is 9.53 Å². The molecule has 1 atom stereocenters. The molecule has 3 rings (SSSR count). The average Bonchev–Trinajstić information content (AvgIpc) is 2.61. The van der Waals surface area contributed by atoms with E-state index in [0.717, 1.165) is 22.2 Å². The maximum Gasteiger partial charge on any atom is 0.270 e. The summed E-state index contributed by atoms with van der Waals surface area (Å²) in [7, 11) is 1.63. The minimum absolute atomic E-state index is 0.122. The van der Waals surface area contributed by atoms with Crippen molar-refractivity contribution in [2.45, 2.75) is 13.0 Å². The lowest BCUT2D eigenvalue weighted by Crippen LogP contribution is -2.27. The van der Waals surface area contributed by atoms with Gasteiger partial charge in [0.25, 0.3) is 5.91 Å². The fourth-order valence-electron chi connectivity index (χ4n) is 2.34. The number of benzene rings is 1. The summed E-state index contributed by atoms with van der Waals surface area (Å²) in [5, 5.41) is 3.87. The lowest BCUT2D eigenvalue weighted by Gasteiger charge is -2.14. The third-order valence-corrected chi connectivity index (χ3v) is 3.69. The molecule has 1 amide bonds. The van der Waals surface area contributed by atoms with Crippen molar-refractivity contribution in [3.63, 3.8) is 0 Å². The first kappa shape index (κ1) is 15.0. The van der Waals surface area contributed by atoms with Crippen LogP contribution in [0.3, 0.4) is 0 Å². The van der Waals surface area contributed by atoms with E-state index in [1.165, 1.54) is 0 Å². The van der Waals surface area contributed by atoms with Crippen LogP contribution in [0.1, 0.15) is 29.0 Å². The number of nitrogens with one attached hydrogen (secondary N) is 1. The number of aromatic nitrogens is 2. The molecule has 5 heteroatoms. The summed E-state index contributed by atoms with van der Waals surface area (Å²) in [6.07, 6.45) is 3.39. The van der Waals surface area contributed by atoms with Gasteiger partial charge in [0.2, 0.25) is 0 Å². The molecule has 0 fully saturated rings. The molecular weight excluding hydrogens is 290 g/mol. The SMILES string of the molecule is COc1ccc(C(C)NC(=O)c2ccc3cnccc3n2)cc1. The number of pyridine rings is 2. The fourth-order valence-corrected chi connectivity index (χ4v) is 2.34. The zero-order valence-corrected chi connectivity index (χ0v) is 13.0. The molecule has 0 saturated heterocycles. The molecule has 5 nitrogen and oxygen atoms in total. The molecule has 2 aromatic heterocycles. The van der Waals surface area contributed by atoms with Gasteiger partial charge in [0, 0.05) is 17.8 Å². The summed E-state index contributed by atoms with van der Waals surface area (Å²) >= 11 is 0. The van der Waals surface area contributed by atoms with Crippen molar-refractivity contribution in [3.05, 3.63) is 66.1 Å². The van der Waals surface area contributed by atoms with Crippen LogP contribution in [0, 0.1) is 0 Å². The second kappa shape index (κ2) is 6.44. The Kier molecular flexibility index (Phi) is 4.19. The van der Waals surface area contributed by atoms with Crippen molar-refractivity contribution in [1.82, 2.24) is 15.3 Å². The van der Waals surface area contributed by atoms with Crippen molar-refractivity contribution >= 4 is 16.8 Å². The molecule has 1 aromatic carbocycles. The summed E-state index contributed by atoms with van der Waals surface area (Å²) in [4.78, 5) is 20.8. The molecule has 116 valence electrons. The number of rotatable bonds is 4. The van der Waals surface area contributed by atoms with Crippen LogP contribution in [0.4, 0.5) is 0 Å². The van der Waals surface area contributed by atoms with E-state index in [2.05, 4.69) is 15.3 Å². The van der Waals surface area contributed by atoms with Gasteiger partial charge in [-0.2, -0.15) is 0 Å². The molecule has 3 aromatic rings. The molecule has 1 N–H and O–H groups in total. The smallest absolute Gasteiger partial charge is 0.270 e. The number of hydrogen-bond acceptors (Lipinski definition) is 4. The Labute approximate surface area is 134 Å². The Morgan fingerprint density at radius 2 is 1.91 bits per heavy atom. The summed E-state index contributed by atoms with van der Waals surface area (Å²) in [6.45, 7) is 1.94. The lowest BCUT2D eigenvalue weighted by atomic mass is 10.1. The summed E-state index contributed by atoms with van der Waals surface area (Å²) in [6, 6.07) is 12.8. The zero-order chi connectivity index (χ0) is 16.2. The van der Waals surface area contributed by atoms with Crippen LogP contribution in [0.5, 0.6) is 5.75 Å². The van der Waals surface area contributed by atoms with Crippen molar-refractivity contribution in [2.75, 3.05) is 7.11 Å². The molecule has 1 unspecified atom stereocenters. The maximum absolute atomic E-state index is 12.4. The Hall–Kier alpha value is -2.95. The van der Waals surface area contributed by atoms with E-state index in [0.29, 0.717) is 5.69 Å². The van der Waals surface area contributed by atoms with Crippen LogP contribution in [0.25, 0.3) is 10.9 Å². The summed E-state index contributed by atoms with van der Waals surface area (Å²) in [5.74, 6) is 0.587. The molecule has 2 heterocycles. The molecule has 0 radical (unpaired) electrons. The van der Waals surface area contributed by atoms with Gasteiger partial charge in [0.05, 0.1) is 18.7 Å². The second-order valence-electron chi connectivity index (χ2n) is 5.23. The first-order valence-corrected chi connectivity index (χ1v) is 7.33. The van der Waals surface area contributed by atoms with Gasteiger partial charge >= 0.3 is 0 Å². The number of amides is 1. The van der Waals surface area contributed by atoms with E-state index >= 15 is 0 Å². The minimum Gasteiger partial charge on any atom is -0.497 e. The molecule has 23 heavy (non-hydrogen) atoms. The van der Waals surface area contributed by atoms with E-state index in [1.807, 2.05) is 37.3 Å². The Bertz CT molecular complexity index is 831. The van der Waals surface area contributed by atoms with E-state index in [4.69, 9.17) is 4.74 Å². The number of methoxy groups -OCH3 is 1. The number of ether oxygens (including phenoxy) is 1. The molecule has 0 saturated carbocycles. The quantitative estimate of drug-likeness (QED) is 0.804. The van der Waals surface area contributed by atoms with Crippen molar-refractivity contribution in [1.29, 1.82) is 0 Å². The van der Waals surface area contributed by atoms with Crippen LogP contribution in [-0.2, 0) is 0 Å². The van der Waals surface area contributed by atoms with Gasteiger partial charge in [0.1, 0.15) is 11.4 Å². The molecule has 0 aliphatic heterocycles. The predicted molar refractivity (Wildman–Crippen MR) is 88.4 cm³/mol. The van der Waals surface area contributed by atoms with Crippen molar-refractivity contribution in [3.8, 4) is 5.75 Å². The molecule has 0 aliphatic rings. The lowest BCUT2D eigenvalue weighted by molar-refractivity contribution is 0.0935. The molecular formula is C18H17N3O2. The standard InChI is InChI=1S/C18H17N3O2/c1-12(13-3-6-15(23-2)7-4-13)20-18(22)17-8-5-14-11-19-10-9-16(14)21-17/h3-12H,1-2H3,(H,20,22). The van der Waals surface area contributed by atoms with E-state index in [1.54, 1.807) is 31.6 Å². The van der Waals surface area contributed by atoms with Crippen LogP contribution in [0.2, 0.25) is 0 Å². The summed E-state index contributed by atoms with van der Waals surface area (Å²) < 4.78 is 5.14. The van der Waals surface area contributed by atoms with Crippen LogP contribution < -0.4 is 10.1 Å². The van der Waals surface area contributed by atoms with Gasteiger partial charge in [0.15, 0.2) is 0 Å². The Morgan fingerprint density at radius 3 is 2.65 bits per heavy atom.